The summed E-state index contributed by atoms with van der Waals surface area (Å²) in [7, 11) is 0. The molecule has 28 heavy (non-hydrogen) atoms. The predicted molar refractivity (Wildman–Crippen MR) is 104 cm³/mol. The second-order valence-electron chi connectivity index (χ2n) is 6.52. The number of imide groups is 1. The Morgan fingerprint density at radius 1 is 1.25 bits per heavy atom. The number of nitrogens with one attached hydrogen (secondary N) is 3. The van der Waals surface area contributed by atoms with Crippen LogP contribution in [0, 0.1) is 5.92 Å². The van der Waals surface area contributed by atoms with E-state index in [1.807, 2.05) is 0 Å². The smallest absolute Gasteiger partial charge is 0.414 e. The molecule has 0 spiro atoms. The van der Waals surface area contributed by atoms with Crippen LogP contribution in [-0.4, -0.2) is 30.7 Å². The predicted octanol–water partition coefficient (Wildman–Crippen LogP) is 3.43. The lowest BCUT2D eigenvalue weighted by atomic mass is 10.1. The molecule has 1 aromatic heterocycles. The summed E-state index contributed by atoms with van der Waals surface area (Å²) in [4.78, 5) is 36.3. The molecule has 1 unspecified atom stereocenters. The monoisotopic (exact) mass is 401 g/mol. The molecular weight excluding hydrogens is 382 g/mol. The molecule has 9 heteroatoms. The largest absolute Gasteiger partial charge is 0.468 e. The Morgan fingerprint density at radius 2 is 2.07 bits per heavy atom. The number of hydrogen-bond acceptors (Lipinski definition) is 7. The summed E-state index contributed by atoms with van der Waals surface area (Å²) in [6.07, 6.45) is 1.44. The number of fused-ring (bicyclic) bond motifs is 1. The number of thiophene rings is 1. The molecule has 1 fully saturated rings. The zero-order valence-corrected chi connectivity index (χ0v) is 15.9. The van der Waals surface area contributed by atoms with Crippen molar-refractivity contribution in [1.82, 2.24) is 5.32 Å². The molecule has 2 aromatic rings. The van der Waals surface area contributed by atoms with E-state index < -0.39 is 12.0 Å². The van der Waals surface area contributed by atoms with Crippen molar-refractivity contribution in [1.29, 1.82) is 0 Å². The van der Waals surface area contributed by atoms with Crippen molar-refractivity contribution >= 4 is 39.9 Å². The normalized spacial score (nSPS) is 17.1. The summed E-state index contributed by atoms with van der Waals surface area (Å²) >= 11 is 1.19. The summed E-state index contributed by atoms with van der Waals surface area (Å²) in [5.74, 6) is 0.272. The maximum atomic E-state index is 12.6. The summed E-state index contributed by atoms with van der Waals surface area (Å²) in [6.45, 7) is 1.80. The molecule has 1 atom stereocenters. The van der Waals surface area contributed by atoms with E-state index in [0.717, 1.165) is 24.3 Å². The van der Waals surface area contributed by atoms with E-state index in [2.05, 4.69) is 16.0 Å². The Morgan fingerprint density at radius 3 is 2.82 bits per heavy atom. The van der Waals surface area contributed by atoms with Crippen LogP contribution in [0.3, 0.4) is 0 Å². The number of anilines is 2. The van der Waals surface area contributed by atoms with Gasteiger partial charge >= 0.3 is 6.09 Å². The average Bonchev–Trinajstić information content (AvgIpc) is 3.26. The van der Waals surface area contributed by atoms with Crippen molar-refractivity contribution in [2.24, 2.45) is 5.92 Å². The molecule has 3 N–H and O–H groups in total. The van der Waals surface area contributed by atoms with Crippen LogP contribution in [0.4, 0.5) is 15.5 Å². The van der Waals surface area contributed by atoms with E-state index in [1.54, 1.807) is 30.5 Å². The highest BCUT2D eigenvalue weighted by Gasteiger charge is 2.37. The van der Waals surface area contributed by atoms with Gasteiger partial charge in [0.05, 0.1) is 17.9 Å². The first-order chi connectivity index (χ1) is 13.5. The SMILES string of the molecule is CCOC(=O)NC(=O)c1ccsc1NC(=O)c1ccc2c(c1)NC(C1CC1)O2. The van der Waals surface area contributed by atoms with Crippen molar-refractivity contribution in [3.8, 4) is 5.75 Å². The van der Waals surface area contributed by atoms with Crippen molar-refractivity contribution < 1.29 is 23.9 Å². The van der Waals surface area contributed by atoms with Gasteiger partial charge in [-0.3, -0.25) is 14.9 Å². The first-order valence-corrected chi connectivity index (χ1v) is 9.87. The van der Waals surface area contributed by atoms with E-state index in [-0.39, 0.29) is 24.3 Å². The van der Waals surface area contributed by atoms with Crippen molar-refractivity contribution in [3.05, 3.63) is 40.8 Å². The van der Waals surface area contributed by atoms with Gasteiger partial charge in [-0.25, -0.2) is 4.79 Å². The number of alkyl carbamates (subject to hydrolysis) is 1. The Hall–Kier alpha value is -3.07. The van der Waals surface area contributed by atoms with Crippen LogP contribution in [0.25, 0.3) is 0 Å². The van der Waals surface area contributed by atoms with E-state index >= 15 is 0 Å². The van der Waals surface area contributed by atoms with Gasteiger partial charge in [-0.1, -0.05) is 0 Å². The minimum Gasteiger partial charge on any atom is -0.468 e. The Bertz CT molecular complexity index is 937. The number of carbonyl (C=O) groups is 3. The Kier molecular flexibility index (Phi) is 4.91. The van der Waals surface area contributed by atoms with Gasteiger partial charge < -0.3 is 20.1 Å². The topological polar surface area (TPSA) is 106 Å². The van der Waals surface area contributed by atoms with E-state index in [1.165, 1.54) is 17.4 Å². The number of hydrogen-bond donors (Lipinski definition) is 3. The second kappa shape index (κ2) is 7.51. The highest BCUT2D eigenvalue weighted by molar-refractivity contribution is 7.14. The number of carbonyl (C=O) groups excluding carboxylic acids is 3. The van der Waals surface area contributed by atoms with Crippen molar-refractivity contribution in [2.75, 3.05) is 17.2 Å². The molecule has 3 amide bonds. The van der Waals surface area contributed by atoms with E-state index in [9.17, 15) is 14.4 Å². The number of amides is 3. The van der Waals surface area contributed by atoms with Crippen molar-refractivity contribution in [3.63, 3.8) is 0 Å². The third-order valence-electron chi connectivity index (χ3n) is 4.47. The second-order valence-corrected chi connectivity index (χ2v) is 7.44. The fourth-order valence-electron chi connectivity index (χ4n) is 2.91. The highest BCUT2D eigenvalue weighted by atomic mass is 32.1. The maximum Gasteiger partial charge on any atom is 0.414 e. The molecular formula is C19H19N3O5S. The molecule has 8 nitrogen and oxygen atoms in total. The fraction of sp³-hybridized carbons (Fsp3) is 0.316. The van der Waals surface area contributed by atoms with Crippen molar-refractivity contribution in [2.45, 2.75) is 26.0 Å². The zero-order chi connectivity index (χ0) is 19.7. The third-order valence-corrected chi connectivity index (χ3v) is 5.30. The highest BCUT2D eigenvalue weighted by Crippen LogP contribution is 2.42. The molecule has 1 aliphatic heterocycles. The Balaban J connectivity index is 1.44. The zero-order valence-electron chi connectivity index (χ0n) is 15.1. The summed E-state index contributed by atoms with van der Waals surface area (Å²) < 4.78 is 10.5. The molecule has 4 rings (SSSR count). The molecule has 2 heterocycles. The van der Waals surface area contributed by atoms with Crippen LogP contribution >= 0.6 is 11.3 Å². The van der Waals surface area contributed by atoms with Gasteiger partial charge in [0.2, 0.25) is 0 Å². The number of benzene rings is 1. The quantitative estimate of drug-likeness (QED) is 0.709. The standard InChI is InChI=1S/C19H19N3O5S/c1-2-26-19(25)22-16(24)12-7-8-28-18(12)21-15(23)11-5-6-14-13(9-11)20-17(27-14)10-3-4-10/h5-10,17,20H,2-4H2,1H3,(H,21,23)(H,22,24,25). The molecule has 0 radical (unpaired) electrons. The number of ether oxygens (including phenoxy) is 2. The lowest BCUT2D eigenvalue weighted by molar-refractivity contribution is 0.0926. The third kappa shape index (κ3) is 3.79. The van der Waals surface area contributed by atoms with Crippen LogP contribution in [0.1, 0.15) is 40.5 Å². The fourth-order valence-corrected chi connectivity index (χ4v) is 3.69. The molecule has 1 aromatic carbocycles. The lowest BCUT2D eigenvalue weighted by Gasteiger charge is -2.08. The first-order valence-electron chi connectivity index (χ1n) is 8.99. The minimum atomic E-state index is -0.828. The van der Waals surface area contributed by atoms with E-state index in [4.69, 9.17) is 9.47 Å². The Labute approximate surface area is 165 Å². The van der Waals surface area contributed by atoms with Gasteiger partial charge in [-0.15, -0.1) is 11.3 Å². The lowest BCUT2D eigenvalue weighted by Crippen LogP contribution is -2.31. The molecule has 0 saturated heterocycles. The van der Waals surface area contributed by atoms with Crippen LogP contribution in [-0.2, 0) is 4.74 Å². The minimum absolute atomic E-state index is 0.0243. The first kappa shape index (κ1) is 18.3. The van der Waals surface area contributed by atoms with Crippen LogP contribution in [0.2, 0.25) is 0 Å². The van der Waals surface area contributed by atoms with Gasteiger partial charge in [-0.2, -0.15) is 0 Å². The summed E-state index contributed by atoms with van der Waals surface area (Å²) in [5, 5.41) is 10.2. The molecule has 0 bridgehead atoms. The molecule has 1 saturated carbocycles. The molecule has 1 aliphatic carbocycles. The van der Waals surface area contributed by atoms with Crippen LogP contribution < -0.4 is 20.7 Å². The van der Waals surface area contributed by atoms with Gasteiger partial charge in [0, 0.05) is 11.5 Å². The summed E-state index contributed by atoms with van der Waals surface area (Å²) in [6, 6.07) is 6.71. The number of rotatable bonds is 5. The van der Waals surface area contributed by atoms with Gasteiger partial charge in [0.15, 0.2) is 6.23 Å². The van der Waals surface area contributed by atoms with Crippen LogP contribution in [0.5, 0.6) is 5.75 Å². The summed E-state index contributed by atoms with van der Waals surface area (Å²) in [5.41, 5.74) is 1.43. The van der Waals surface area contributed by atoms with E-state index in [0.29, 0.717) is 16.5 Å². The van der Waals surface area contributed by atoms with Gasteiger partial charge in [0.25, 0.3) is 11.8 Å². The maximum absolute atomic E-state index is 12.6. The van der Waals surface area contributed by atoms with Gasteiger partial charge in [-0.05, 0) is 49.4 Å². The molecule has 2 aliphatic rings. The average molecular weight is 401 g/mol. The molecule has 146 valence electrons. The van der Waals surface area contributed by atoms with Crippen LogP contribution in [0.15, 0.2) is 29.6 Å². The van der Waals surface area contributed by atoms with Gasteiger partial charge in [0.1, 0.15) is 10.8 Å².